The van der Waals surface area contributed by atoms with Crippen molar-refractivity contribution in [1.82, 2.24) is 24.9 Å². The zero-order valence-electron chi connectivity index (χ0n) is 18.7. The van der Waals surface area contributed by atoms with E-state index < -0.39 is 0 Å². The van der Waals surface area contributed by atoms with E-state index >= 15 is 0 Å². The Morgan fingerprint density at radius 2 is 1.83 bits per heavy atom. The standard InChI is InChI=1S/C23H35N5O/c1-15(23(3,4)5)11-28-12-17-9-19(10-18(17)13-28)29-22-8-7-21(24-25-22)20-14-27(6)26-16(20)2/h7-8,14-15,17-19H,9-13H2,1-6H3/t15?,17-,18+,19+. The molecule has 0 spiro atoms. The molecule has 0 amide bonds. The molecule has 4 atom stereocenters. The van der Waals surface area contributed by atoms with Gasteiger partial charge in [0.15, 0.2) is 0 Å². The molecule has 6 heteroatoms. The lowest BCUT2D eigenvalue weighted by atomic mass is 9.82. The van der Waals surface area contributed by atoms with E-state index in [2.05, 4.69) is 47.9 Å². The van der Waals surface area contributed by atoms with Crippen LogP contribution in [-0.4, -0.2) is 50.6 Å². The lowest BCUT2D eigenvalue weighted by Crippen LogP contribution is -2.33. The monoisotopic (exact) mass is 397 g/mol. The van der Waals surface area contributed by atoms with Gasteiger partial charge in [0.2, 0.25) is 5.88 Å². The van der Waals surface area contributed by atoms with Gasteiger partial charge in [0, 0.05) is 44.5 Å². The second-order valence-electron chi connectivity index (χ2n) is 10.3. The van der Waals surface area contributed by atoms with Gasteiger partial charge in [-0.3, -0.25) is 4.68 Å². The van der Waals surface area contributed by atoms with Gasteiger partial charge in [-0.2, -0.15) is 5.10 Å². The van der Waals surface area contributed by atoms with E-state index in [0.717, 1.165) is 41.6 Å². The maximum atomic E-state index is 6.20. The maximum Gasteiger partial charge on any atom is 0.233 e. The number of aromatic nitrogens is 4. The fourth-order valence-electron chi connectivity index (χ4n) is 4.80. The lowest BCUT2D eigenvalue weighted by molar-refractivity contribution is 0.153. The summed E-state index contributed by atoms with van der Waals surface area (Å²) < 4.78 is 8.00. The van der Waals surface area contributed by atoms with Crippen molar-refractivity contribution in [2.24, 2.45) is 30.2 Å². The van der Waals surface area contributed by atoms with Gasteiger partial charge in [-0.1, -0.05) is 27.7 Å². The molecule has 4 rings (SSSR count). The number of nitrogens with zero attached hydrogens (tertiary/aromatic N) is 5. The highest BCUT2D eigenvalue weighted by Gasteiger charge is 2.42. The lowest BCUT2D eigenvalue weighted by Gasteiger charge is -2.31. The number of fused-ring (bicyclic) bond motifs is 1. The third-order valence-electron chi connectivity index (χ3n) is 7.01. The summed E-state index contributed by atoms with van der Waals surface area (Å²) in [7, 11) is 1.92. The summed E-state index contributed by atoms with van der Waals surface area (Å²) in [5.74, 6) is 2.87. The van der Waals surface area contributed by atoms with E-state index in [0.29, 0.717) is 17.2 Å². The quantitative estimate of drug-likeness (QED) is 0.764. The van der Waals surface area contributed by atoms with Crippen LogP contribution in [0.15, 0.2) is 18.3 Å². The second kappa shape index (κ2) is 7.71. The Bertz CT molecular complexity index is 824. The first-order valence-corrected chi connectivity index (χ1v) is 10.9. The molecule has 1 saturated heterocycles. The summed E-state index contributed by atoms with van der Waals surface area (Å²) in [4.78, 5) is 2.67. The molecule has 29 heavy (non-hydrogen) atoms. The highest BCUT2D eigenvalue weighted by molar-refractivity contribution is 5.60. The van der Waals surface area contributed by atoms with Crippen molar-refractivity contribution in [3.05, 3.63) is 24.0 Å². The minimum atomic E-state index is 0.271. The van der Waals surface area contributed by atoms with Gasteiger partial charge in [0.1, 0.15) is 6.10 Å². The van der Waals surface area contributed by atoms with Crippen LogP contribution in [0, 0.1) is 30.1 Å². The van der Waals surface area contributed by atoms with Crippen LogP contribution in [0.1, 0.15) is 46.2 Å². The molecule has 1 saturated carbocycles. The fraction of sp³-hybridized carbons (Fsp3) is 0.696. The van der Waals surface area contributed by atoms with Crippen LogP contribution < -0.4 is 4.74 Å². The van der Waals surface area contributed by atoms with Gasteiger partial charge in [-0.25, -0.2) is 0 Å². The Morgan fingerprint density at radius 1 is 1.14 bits per heavy atom. The SMILES string of the molecule is Cc1nn(C)cc1-c1ccc(O[C@H]2C[C@@H]3CN(CC(C)C(C)(C)C)C[C@@H]3C2)nn1. The maximum absolute atomic E-state index is 6.20. The molecular weight excluding hydrogens is 362 g/mol. The Labute approximate surface area is 174 Å². The van der Waals surface area contributed by atoms with E-state index in [1.807, 2.05) is 32.3 Å². The molecule has 2 fully saturated rings. The van der Waals surface area contributed by atoms with Crippen molar-refractivity contribution in [1.29, 1.82) is 0 Å². The number of aryl methyl sites for hydroxylation is 2. The molecule has 3 heterocycles. The van der Waals surface area contributed by atoms with Crippen LogP contribution in [0.25, 0.3) is 11.3 Å². The van der Waals surface area contributed by atoms with Crippen LogP contribution >= 0.6 is 0 Å². The number of hydrogen-bond acceptors (Lipinski definition) is 5. The first-order valence-electron chi connectivity index (χ1n) is 10.9. The Morgan fingerprint density at radius 3 is 2.34 bits per heavy atom. The smallest absolute Gasteiger partial charge is 0.233 e. The first-order chi connectivity index (χ1) is 13.7. The second-order valence-corrected chi connectivity index (χ2v) is 10.3. The largest absolute Gasteiger partial charge is 0.473 e. The molecule has 1 unspecified atom stereocenters. The number of ether oxygens (including phenoxy) is 1. The molecule has 2 aliphatic rings. The molecule has 158 valence electrons. The van der Waals surface area contributed by atoms with Gasteiger partial charge >= 0.3 is 0 Å². The normalized spacial score (nSPS) is 25.9. The Kier molecular flexibility index (Phi) is 5.40. The minimum absolute atomic E-state index is 0.271. The topological polar surface area (TPSA) is 56.1 Å². The average Bonchev–Trinajstić information content (AvgIpc) is 3.27. The van der Waals surface area contributed by atoms with Crippen molar-refractivity contribution < 1.29 is 4.74 Å². The van der Waals surface area contributed by atoms with Gasteiger partial charge in [-0.15, -0.1) is 10.2 Å². The van der Waals surface area contributed by atoms with Crippen LogP contribution in [0.3, 0.4) is 0 Å². The Balaban J connectivity index is 1.30. The van der Waals surface area contributed by atoms with Crippen LogP contribution in [-0.2, 0) is 7.05 Å². The minimum Gasteiger partial charge on any atom is -0.473 e. The molecule has 0 aromatic carbocycles. The predicted molar refractivity (Wildman–Crippen MR) is 115 cm³/mol. The van der Waals surface area contributed by atoms with Gasteiger partial charge in [0.05, 0.1) is 11.4 Å². The van der Waals surface area contributed by atoms with Crippen LogP contribution in [0.2, 0.25) is 0 Å². The number of hydrogen-bond donors (Lipinski definition) is 0. The Hall–Kier alpha value is -1.95. The molecule has 2 aromatic rings. The van der Waals surface area contributed by atoms with Crippen molar-refractivity contribution in [3.8, 4) is 17.1 Å². The van der Waals surface area contributed by atoms with E-state index in [4.69, 9.17) is 4.74 Å². The zero-order valence-corrected chi connectivity index (χ0v) is 18.7. The predicted octanol–water partition coefficient (Wildman–Crippen LogP) is 3.96. The summed E-state index contributed by atoms with van der Waals surface area (Å²) in [5, 5.41) is 13.1. The summed E-state index contributed by atoms with van der Waals surface area (Å²) in [5.41, 5.74) is 3.20. The summed E-state index contributed by atoms with van der Waals surface area (Å²) in [6.07, 6.45) is 4.52. The van der Waals surface area contributed by atoms with Crippen molar-refractivity contribution in [2.75, 3.05) is 19.6 Å². The van der Waals surface area contributed by atoms with E-state index in [1.54, 1.807) is 4.68 Å². The van der Waals surface area contributed by atoms with Crippen LogP contribution in [0.5, 0.6) is 5.88 Å². The third kappa shape index (κ3) is 4.47. The van der Waals surface area contributed by atoms with Crippen molar-refractivity contribution in [2.45, 2.75) is 53.6 Å². The van der Waals surface area contributed by atoms with E-state index in [1.165, 1.54) is 19.6 Å². The molecule has 6 nitrogen and oxygen atoms in total. The van der Waals surface area contributed by atoms with Gasteiger partial charge in [-0.05, 0) is 49.0 Å². The highest BCUT2D eigenvalue weighted by Crippen LogP contribution is 2.40. The molecule has 0 bridgehead atoms. The molecule has 2 aromatic heterocycles. The van der Waals surface area contributed by atoms with E-state index in [-0.39, 0.29) is 6.10 Å². The van der Waals surface area contributed by atoms with Gasteiger partial charge < -0.3 is 9.64 Å². The summed E-state index contributed by atoms with van der Waals surface area (Å²) in [6.45, 7) is 15.1. The first kappa shape index (κ1) is 20.3. The highest BCUT2D eigenvalue weighted by atomic mass is 16.5. The van der Waals surface area contributed by atoms with Crippen molar-refractivity contribution >= 4 is 0 Å². The summed E-state index contributed by atoms with van der Waals surface area (Å²) >= 11 is 0. The zero-order chi connectivity index (χ0) is 20.8. The molecule has 1 aliphatic heterocycles. The molecule has 0 N–H and O–H groups in total. The molecular formula is C23H35N5O. The van der Waals surface area contributed by atoms with Crippen LogP contribution in [0.4, 0.5) is 0 Å². The average molecular weight is 398 g/mol. The molecule has 0 radical (unpaired) electrons. The van der Waals surface area contributed by atoms with E-state index in [9.17, 15) is 0 Å². The number of likely N-dealkylation sites (tertiary alicyclic amines) is 1. The van der Waals surface area contributed by atoms with Crippen molar-refractivity contribution in [3.63, 3.8) is 0 Å². The fourth-order valence-corrected chi connectivity index (χ4v) is 4.80. The molecule has 1 aliphatic carbocycles. The third-order valence-corrected chi connectivity index (χ3v) is 7.01. The summed E-state index contributed by atoms with van der Waals surface area (Å²) in [6, 6.07) is 3.93. The number of rotatable bonds is 5. The van der Waals surface area contributed by atoms with Gasteiger partial charge in [0.25, 0.3) is 0 Å².